The van der Waals surface area contributed by atoms with E-state index in [0.29, 0.717) is 5.56 Å². The topological polar surface area (TPSA) is 17.1 Å². The van der Waals surface area contributed by atoms with Gasteiger partial charge >= 0.3 is 6.18 Å². The van der Waals surface area contributed by atoms with Crippen LogP contribution in [0.3, 0.4) is 0 Å². The number of rotatable bonds is 3. The summed E-state index contributed by atoms with van der Waals surface area (Å²) in [6.07, 6.45) is -4.51. The number of Topliss-reactive ketones (excluding diaryl/α,β-unsaturated/α-hetero) is 1. The van der Waals surface area contributed by atoms with E-state index >= 15 is 0 Å². The van der Waals surface area contributed by atoms with Crippen LogP contribution < -0.4 is 0 Å². The van der Waals surface area contributed by atoms with Gasteiger partial charge < -0.3 is 0 Å². The van der Waals surface area contributed by atoms with Crippen molar-refractivity contribution in [3.05, 3.63) is 70.2 Å². The molecule has 21 heavy (non-hydrogen) atoms. The SMILES string of the molecule is O=C(c1ccc(C(F)(F)F)cc1Cl)C(Cl)c1ccccc1. The zero-order valence-corrected chi connectivity index (χ0v) is 12.0. The Kier molecular flexibility index (Phi) is 4.59. The summed E-state index contributed by atoms with van der Waals surface area (Å²) in [6, 6.07) is 11.1. The Morgan fingerprint density at radius 2 is 1.67 bits per heavy atom. The summed E-state index contributed by atoms with van der Waals surface area (Å²) < 4.78 is 37.7. The van der Waals surface area contributed by atoms with Crippen LogP contribution in [0.1, 0.15) is 26.9 Å². The van der Waals surface area contributed by atoms with E-state index in [1.165, 1.54) is 0 Å². The van der Waals surface area contributed by atoms with Crippen LogP contribution >= 0.6 is 23.2 Å². The van der Waals surface area contributed by atoms with Gasteiger partial charge in [0.2, 0.25) is 0 Å². The molecule has 0 bridgehead atoms. The molecule has 0 saturated heterocycles. The van der Waals surface area contributed by atoms with E-state index in [9.17, 15) is 18.0 Å². The van der Waals surface area contributed by atoms with Gasteiger partial charge in [0, 0.05) is 5.56 Å². The second kappa shape index (κ2) is 6.08. The van der Waals surface area contributed by atoms with Crippen LogP contribution in [0, 0.1) is 0 Å². The molecule has 2 rings (SSSR count). The van der Waals surface area contributed by atoms with Crippen molar-refractivity contribution in [2.75, 3.05) is 0 Å². The molecule has 0 aromatic heterocycles. The number of carbonyl (C=O) groups is 1. The first-order chi connectivity index (χ1) is 9.80. The summed E-state index contributed by atoms with van der Waals surface area (Å²) in [5.41, 5.74) is -0.386. The molecular weight excluding hydrogens is 324 g/mol. The van der Waals surface area contributed by atoms with Gasteiger partial charge in [-0.1, -0.05) is 41.9 Å². The molecule has 0 saturated carbocycles. The standard InChI is InChI=1S/C15H9Cl2F3O/c16-12-8-10(15(18,19)20)6-7-11(12)14(21)13(17)9-4-2-1-3-5-9/h1-8,13H. The molecule has 0 spiro atoms. The number of benzene rings is 2. The van der Waals surface area contributed by atoms with Gasteiger partial charge in [-0.25, -0.2) is 0 Å². The Bertz CT molecular complexity index is 654. The maximum atomic E-state index is 12.6. The van der Waals surface area contributed by atoms with Crippen LogP contribution in [0.25, 0.3) is 0 Å². The van der Waals surface area contributed by atoms with Gasteiger partial charge in [0.15, 0.2) is 5.78 Å². The van der Waals surface area contributed by atoms with E-state index in [4.69, 9.17) is 23.2 Å². The first-order valence-corrected chi connectivity index (χ1v) is 6.72. The van der Waals surface area contributed by atoms with Gasteiger partial charge in [-0.15, -0.1) is 11.6 Å². The highest BCUT2D eigenvalue weighted by Gasteiger charge is 2.32. The Morgan fingerprint density at radius 3 is 2.19 bits per heavy atom. The molecule has 2 aromatic carbocycles. The third-order valence-corrected chi connectivity index (χ3v) is 3.65. The molecule has 110 valence electrons. The minimum absolute atomic E-state index is 0.0338. The van der Waals surface area contributed by atoms with Crippen LogP contribution in [0.15, 0.2) is 48.5 Å². The van der Waals surface area contributed by atoms with E-state index in [2.05, 4.69) is 0 Å². The number of ketones is 1. The first kappa shape index (κ1) is 15.9. The van der Waals surface area contributed by atoms with Crippen molar-refractivity contribution >= 4 is 29.0 Å². The van der Waals surface area contributed by atoms with E-state index in [1.807, 2.05) is 0 Å². The predicted molar refractivity (Wildman–Crippen MR) is 75.8 cm³/mol. The van der Waals surface area contributed by atoms with Crippen molar-refractivity contribution < 1.29 is 18.0 Å². The van der Waals surface area contributed by atoms with Crippen molar-refractivity contribution in [3.63, 3.8) is 0 Å². The fourth-order valence-corrected chi connectivity index (χ4v) is 2.34. The van der Waals surface area contributed by atoms with Crippen molar-refractivity contribution in [1.29, 1.82) is 0 Å². The molecule has 0 N–H and O–H groups in total. The van der Waals surface area contributed by atoms with Crippen LogP contribution in [-0.4, -0.2) is 5.78 Å². The van der Waals surface area contributed by atoms with Crippen LogP contribution in [-0.2, 0) is 6.18 Å². The molecule has 0 aliphatic rings. The molecule has 6 heteroatoms. The van der Waals surface area contributed by atoms with Gasteiger partial charge in [-0.3, -0.25) is 4.79 Å². The molecule has 0 heterocycles. The van der Waals surface area contributed by atoms with E-state index in [1.54, 1.807) is 30.3 Å². The summed E-state index contributed by atoms with van der Waals surface area (Å²) >= 11 is 11.8. The number of hydrogen-bond acceptors (Lipinski definition) is 1. The van der Waals surface area contributed by atoms with E-state index in [0.717, 1.165) is 18.2 Å². The third kappa shape index (κ3) is 3.57. The highest BCUT2D eigenvalue weighted by atomic mass is 35.5. The average molecular weight is 333 g/mol. The van der Waals surface area contributed by atoms with E-state index in [-0.39, 0.29) is 10.6 Å². The van der Waals surface area contributed by atoms with E-state index < -0.39 is 22.9 Å². The van der Waals surface area contributed by atoms with Crippen LogP contribution in [0.5, 0.6) is 0 Å². The second-order valence-corrected chi connectivity index (χ2v) is 5.17. The molecule has 2 aromatic rings. The van der Waals surface area contributed by atoms with Gasteiger partial charge in [-0.2, -0.15) is 13.2 Å². The summed E-state index contributed by atoms with van der Waals surface area (Å²) in [7, 11) is 0. The number of halogens is 5. The summed E-state index contributed by atoms with van der Waals surface area (Å²) in [5.74, 6) is -0.540. The van der Waals surface area contributed by atoms with Crippen molar-refractivity contribution in [1.82, 2.24) is 0 Å². The molecule has 1 atom stereocenters. The largest absolute Gasteiger partial charge is 0.416 e. The minimum atomic E-state index is -4.51. The van der Waals surface area contributed by atoms with Gasteiger partial charge in [-0.05, 0) is 23.8 Å². The Hall–Kier alpha value is -1.52. The zero-order valence-electron chi connectivity index (χ0n) is 10.5. The minimum Gasteiger partial charge on any atom is -0.292 e. The molecule has 0 radical (unpaired) electrons. The highest BCUT2D eigenvalue weighted by molar-refractivity contribution is 6.39. The summed E-state index contributed by atoms with van der Waals surface area (Å²) in [6.45, 7) is 0. The molecule has 0 amide bonds. The number of carbonyl (C=O) groups excluding carboxylic acids is 1. The van der Waals surface area contributed by atoms with Crippen molar-refractivity contribution in [3.8, 4) is 0 Å². The maximum Gasteiger partial charge on any atom is 0.416 e. The molecular formula is C15H9Cl2F3O. The summed E-state index contributed by atoms with van der Waals surface area (Å²) in [4.78, 5) is 12.2. The Morgan fingerprint density at radius 1 is 1.05 bits per heavy atom. The van der Waals surface area contributed by atoms with Crippen LogP contribution in [0.4, 0.5) is 13.2 Å². The molecule has 0 aliphatic heterocycles. The van der Waals surface area contributed by atoms with Gasteiger partial charge in [0.1, 0.15) is 5.38 Å². The number of alkyl halides is 4. The average Bonchev–Trinajstić information content (AvgIpc) is 2.45. The monoisotopic (exact) mass is 332 g/mol. The van der Waals surface area contributed by atoms with Gasteiger partial charge in [0.05, 0.1) is 10.6 Å². The second-order valence-electron chi connectivity index (χ2n) is 4.33. The normalized spacial score (nSPS) is 13.0. The molecule has 0 aliphatic carbocycles. The third-order valence-electron chi connectivity index (χ3n) is 2.88. The first-order valence-electron chi connectivity index (χ1n) is 5.90. The van der Waals surface area contributed by atoms with Crippen molar-refractivity contribution in [2.45, 2.75) is 11.6 Å². The maximum absolute atomic E-state index is 12.6. The van der Waals surface area contributed by atoms with Gasteiger partial charge in [0.25, 0.3) is 0 Å². The zero-order chi connectivity index (χ0) is 15.6. The lowest BCUT2D eigenvalue weighted by molar-refractivity contribution is -0.137. The highest BCUT2D eigenvalue weighted by Crippen LogP contribution is 2.34. The fourth-order valence-electron chi connectivity index (χ4n) is 1.80. The molecule has 1 unspecified atom stereocenters. The lowest BCUT2D eigenvalue weighted by atomic mass is 10.0. The fraction of sp³-hybridized carbons (Fsp3) is 0.133. The molecule has 0 fully saturated rings. The Balaban J connectivity index is 2.32. The molecule has 1 nitrogen and oxygen atoms in total. The summed E-state index contributed by atoms with van der Waals surface area (Å²) in [5, 5.41) is -1.27. The lowest BCUT2D eigenvalue weighted by Crippen LogP contribution is -2.10. The smallest absolute Gasteiger partial charge is 0.292 e. The quantitative estimate of drug-likeness (QED) is 0.534. The predicted octanol–water partition coefficient (Wildman–Crippen LogP) is 5.52. The lowest BCUT2D eigenvalue weighted by Gasteiger charge is -2.12. The number of hydrogen-bond donors (Lipinski definition) is 0. The van der Waals surface area contributed by atoms with Crippen molar-refractivity contribution in [2.24, 2.45) is 0 Å². The van der Waals surface area contributed by atoms with Crippen LogP contribution in [0.2, 0.25) is 5.02 Å². The Labute approximate surface area is 129 Å².